The molecule has 0 atom stereocenters. The van der Waals surface area contributed by atoms with Gasteiger partial charge in [-0.1, -0.05) is 23.2 Å². The molecule has 3 aromatic rings. The van der Waals surface area contributed by atoms with Gasteiger partial charge in [-0.05, 0) is 73.7 Å². The van der Waals surface area contributed by atoms with Gasteiger partial charge in [0.25, 0.3) is 17.7 Å². The van der Waals surface area contributed by atoms with Crippen molar-refractivity contribution in [2.45, 2.75) is 13.1 Å². The number of benzene rings is 3. The average Bonchev–Trinajstić information content (AvgIpc) is 3.12. The van der Waals surface area contributed by atoms with Crippen LogP contribution in [0.4, 0.5) is 30.2 Å². The van der Waals surface area contributed by atoms with Gasteiger partial charge >= 0.3 is 12.1 Å². The monoisotopic (exact) mass is 591 g/mol. The van der Waals surface area contributed by atoms with E-state index in [1.54, 1.807) is 6.92 Å². The standard InChI is InChI=1S/C27H18Cl2F3N3O5/c1-2-40-26(39)15-5-10-18(11-6-15)35-24(37)21(29)22(25(35)38)33-16-7-3-14(4-8-16)23(36)34-17-9-12-20(28)19(13-17)27(30,31)32/h3-13,33H,2H2,1H3,(H,34,36). The number of carbonyl (C=O) groups is 4. The van der Waals surface area contributed by atoms with Crippen molar-refractivity contribution in [3.05, 3.63) is 99.2 Å². The molecule has 13 heteroatoms. The van der Waals surface area contributed by atoms with Crippen molar-refractivity contribution in [3.8, 4) is 0 Å². The number of alkyl halides is 3. The smallest absolute Gasteiger partial charge is 0.417 e. The van der Waals surface area contributed by atoms with Crippen LogP contribution in [-0.2, 0) is 20.5 Å². The first-order valence-corrected chi connectivity index (χ1v) is 12.3. The number of imide groups is 1. The molecule has 0 saturated carbocycles. The van der Waals surface area contributed by atoms with Gasteiger partial charge in [0.1, 0.15) is 10.7 Å². The lowest BCUT2D eigenvalue weighted by Crippen LogP contribution is -2.32. The van der Waals surface area contributed by atoms with Crippen LogP contribution in [0.5, 0.6) is 0 Å². The van der Waals surface area contributed by atoms with Crippen LogP contribution in [-0.4, -0.2) is 30.3 Å². The highest BCUT2D eigenvalue weighted by Gasteiger charge is 2.39. The zero-order chi connectivity index (χ0) is 29.2. The van der Waals surface area contributed by atoms with Crippen LogP contribution < -0.4 is 15.5 Å². The van der Waals surface area contributed by atoms with Crippen LogP contribution in [0.25, 0.3) is 0 Å². The van der Waals surface area contributed by atoms with E-state index in [0.717, 1.165) is 17.0 Å². The Kier molecular flexibility index (Phi) is 8.17. The fraction of sp³-hybridized carbons (Fsp3) is 0.111. The van der Waals surface area contributed by atoms with Crippen molar-refractivity contribution in [3.63, 3.8) is 0 Å². The molecule has 2 N–H and O–H groups in total. The Labute approximate surface area is 235 Å². The van der Waals surface area contributed by atoms with Gasteiger partial charge in [0.15, 0.2) is 0 Å². The summed E-state index contributed by atoms with van der Waals surface area (Å²) >= 11 is 11.8. The molecular weight excluding hydrogens is 574 g/mol. The van der Waals surface area contributed by atoms with Gasteiger partial charge in [0.2, 0.25) is 0 Å². The Hall–Kier alpha value is -4.35. The van der Waals surface area contributed by atoms with Gasteiger partial charge in [-0.25, -0.2) is 9.69 Å². The third-order valence-electron chi connectivity index (χ3n) is 5.61. The second kappa shape index (κ2) is 11.4. The molecular formula is C27H18Cl2F3N3O5. The highest BCUT2D eigenvalue weighted by atomic mass is 35.5. The van der Waals surface area contributed by atoms with Crippen molar-refractivity contribution in [2.24, 2.45) is 0 Å². The molecule has 3 amide bonds. The van der Waals surface area contributed by atoms with Gasteiger partial charge in [-0.2, -0.15) is 13.2 Å². The Morgan fingerprint density at radius 2 is 1.48 bits per heavy atom. The van der Waals surface area contributed by atoms with Crippen molar-refractivity contribution >= 4 is 64.0 Å². The van der Waals surface area contributed by atoms with Gasteiger partial charge in [-0.15, -0.1) is 0 Å². The summed E-state index contributed by atoms with van der Waals surface area (Å²) in [5.41, 5.74) is -0.576. The maximum atomic E-state index is 13.1. The number of carbonyl (C=O) groups excluding carboxylic acids is 4. The van der Waals surface area contributed by atoms with E-state index in [4.69, 9.17) is 27.9 Å². The SMILES string of the molecule is CCOC(=O)c1ccc(N2C(=O)C(Cl)=C(Nc3ccc(C(=O)Nc4ccc(Cl)c(C(F)(F)F)c4)cc3)C2=O)cc1. The Bertz CT molecular complexity index is 1540. The molecule has 3 aromatic carbocycles. The van der Waals surface area contributed by atoms with E-state index < -0.39 is 40.5 Å². The average molecular weight is 592 g/mol. The summed E-state index contributed by atoms with van der Waals surface area (Å²) in [6.07, 6.45) is -4.69. The lowest BCUT2D eigenvalue weighted by molar-refractivity contribution is -0.137. The molecule has 206 valence electrons. The number of hydrogen-bond acceptors (Lipinski definition) is 6. The first-order valence-electron chi connectivity index (χ1n) is 11.5. The minimum Gasteiger partial charge on any atom is -0.462 e. The highest BCUT2D eigenvalue weighted by molar-refractivity contribution is 6.53. The summed E-state index contributed by atoms with van der Waals surface area (Å²) in [7, 11) is 0. The lowest BCUT2D eigenvalue weighted by atomic mass is 10.1. The Morgan fingerprint density at radius 3 is 2.08 bits per heavy atom. The lowest BCUT2D eigenvalue weighted by Gasteiger charge is -2.15. The summed E-state index contributed by atoms with van der Waals surface area (Å²) in [6.45, 7) is 1.85. The van der Waals surface area contributed by atoms with E-state index >= 15 is 0 Å². The molecule has 0 fully saturated rings. The molecule has 0 saturated heterocycles. The second-order valence-corrected chi connectivity index (χ2v) is 9.04. The predicted octanol–water partition coefficient (Wildman–Crippen LogP) is 6.22. The van der Waals surface area contributed by atoms with Crippen LogP contribution in [0.1, 0.15) is 33.2 Å². The number of halogens is 5. The quantitative estimate of drug-likeness (QED) is 0.249. The first kappa shape index (κ1) is 28.7. The zero-order valence-electron chi connectivity index (χ0n) is 20.4. The maximum absolute atomic E-state index is 13.1. The third kappa shape index (κ3) is 5.95. The van der Waals surface area contributed by atoms with Gasteiger partial charge in [0.05, 0.1) is 28.4 Å². The molecule has 0 unspecified atom stereocenters. The molecule has 0 aromatic heterocycles. The Morgan fingerprint density at radius 1 is 0.875 bits per heavy atom. The molecule has 0 radical (unpaired) electrons. The summed E-state index contributed by atoms with van der Waals surface area (Å²) in [6, 6.07) is 14.2. The van der Waals surface area contributed by atoms with Crippen LogP contribution >= 0.6 is 23.2 Å². The minimum atomic E-state index is -4.69. The normalized spacial score (nSPS) is 13.5. The maximum Gasteiger partial charge on any atom is 0.417 e. The molecule has 1 aliphatic rings. The third-order valence-corrected chi connectivity index (χ3v) is 6.29. The van der Waals surface area contributed by atoms with Crippen LogP contribution in [0.15, 0.2) is 77.5 Å². The van der Waals surface area contributed by atoms with Crippen LogP contribution in [0.3, 0.4) is 0 Å². The number of amides is 3. The molecule has 0 spiro atoms. The fourth-order valence-corrected chi connectivity index (χ4v) is 4.12. The summed E-state index contributed by atoms with van der Waals surface area (Å²) in [5, 5.41) is 4.25. The highest BCUT2D eigenvalue weighted by Crippen LogP contribution is 2.36. The molecule has 0 bridgehead atoms. The largest absolute Gasteiger partial charge is 0.462 e. The fourth-order valence-electron chi connectivity index (χ4n) is 3.68. The number of anilines is 3. The van der Waals surface area contributed by atoms with E-state index in [-0.39, 0.29) is 39.8 Å². The molecule has 0 aliphatic carbocycles. The van der Waals surface area contributed by atoms with E-state index in [9.17, 15) is 32.3 Å². The number of rotatable bonds is 7. The van der Waals surface area contributed by atoms with E-state index in [2.05, 4.69) is 10.6 Å². The minimum absolute atomic E-state index is 0.103. The zero-order valence-corrected chi connectivity index (χ0v) is 21.9. The molecule has 4 rings (SSSR count). The molecule has 8 nitrogen and oxygen atoms in total. The van der Waals surface area contributed by atoms with Crippen molar-refractivity contribution in [2.75, 3.05) is 22.1 Å². The second-order valence-electron chi connectivity index (χ2n) is 8.25. The van der Waals surface area contributed by atoms with Crippen molar-refractivity contribution < 1.29 is 37.1 Å². The van der Waals surface area contributed by atoms with Gasteiger partial charge < -0.3 is 15.4 Å². The topological polar surface area (TPSA) is 105 Å². The van der Waals surface area contributed by atoms with E-state index in [0.29, 0.717) is 5.69 Å². The number of hydrogen-bond donors (Lipinski definition) is 2. The van der Waals surface area contributed by atoms with Crippen LogP contribution in [0.2, 0.25) is 5.02 Å². The van der Waals surface area contributed by atoms with Crippen molar-refractivity contribution in [1.29, 1.82) is 0 Å². The molecule has 40 heavy (non-hydrogen) atoms. The predicted molar refractivity (Wildman–Crippen MR) is 142 cm³/mol. The number of ether oxygens (including phenoxy) is 1. The Balaban J connectivity index is 1.45. The molecule has 1 aliphatic heterocycles. The van der Waals surface area contributed by atoms with E-state index in [1.807, 2.05) is 0 Å². The summed E-state index contributed by atoms with van der Waals surface area (Å²) in [4.78, 5) is 51.0. The molecule has 1 heterocycles. The number of esters is 1. The first-order chi connectivity index (χ1) is 18.9. The number of nitrogens with zero attached hydrogens (tertiary/aromatic N) is 1. The number of nitrogens with one attached hydrogen (secondary N) is 2. The van der Waals surface area contributed by atoms with Crippen LogP contribution in [0, 0.1) is 0 Å². The summed E-state index contributed by atoms with van der Waals surface area (Å²) < 4.78 is 44.2. The van der Waals surface area contributed by atoms with E-state index in [1.165, 1.54) is 54.6 Å². The van der Waals surface area contributed by atoms with Gasteiger partial charge in [0, 0.05) is 16.9 Å². The summed E-state index contributed by atoms with van der Waals surface area (Å²) in [5.74, 6) is -2.77. The van der Waals surface area contributed by atoms with Crippen molar-refractivity contribution in [1.82, 2.24) is 0 Å². The van der Waals surface area contributed by atoms with Gasteiger partial charge in [-0.3, -0.25) is 14.4 Å².